The van der Waals surface area contributed by atoms with E-state index in [0.29, 0.717) is 5.56 Å². The Kier molecular flexibility index (Phi) is 3.69. The lowest BCUT2D eigenvalue weighted by molar-refractivity contribution is 0.0473. The van der Waals surface area contributed by atoms with Gasteiger partial charge in [0.15, 0.2) is 0 Å². The predicted molar refractivity (Wildman–Crippen MR) is 81.0 cm³/mol. The largest absolute Gasteiger partial charge is 0.457 e. The minimum Gasteiger partial charge on any atom is -0.457 e. The highest BCUT2D eigenvalue weighted by molar-refractivity contribution is 5.93. The molecule has 3 aromatic rings. The fourth-order valence-electron chi connectivity index (χ4n) is 2.16. The Morgan fingerprint density at radius 1 is 1.19 bits per heavy atom. The molecule has 0 radical (unpaired) electrons. The van der Waals surface area contributed by atoms with Crippen molar-refractivity contribution in [3.63, 3.8) is 0 Å². The molecule has 0 aliphatic carbocycles. The summed E-state index contributed by atoms with van der Waals surface area (Å²) in [7, 11) is 0. The van der Waals surface area contributed by atoms with Crippen LogP contribution in [0.3, 0.4) is 0 Å². The van der Waals surface area contributed by atoms with Gasteiger partial charge in [0, 0.05) is 6.42 Å². The van der Waals surface area contributed by atoms with Crippen molar-refractivity contribution >= 4 is 17.0 Å². The van der Waals surface area contributed by atoms with Crippen molar-refractivity contribution in [3.05, 3.63) is 65.5 Å². The zero-order valence-electron chi connectivity index (χ0n) is 11.8. The number of carbonyl (C=O) groups is 1. The Morgan fingerprint density at radius 2 is 2.00 bits per heavy atom. The van der Waals surface area contributed by atoms with E-state index >= 15 is 0 Å². The molecule has 2 aromatic carbocycles. The first kappa shape index (κ1) is 13.4. The minimum absolute atomic E-state index is 0.279. The fraction of sp³-hybridized carbons (Fsp3) is 0.176. The van der Waals surface area contributed by atoms with Crippen LogP contribution in [0, 0.1) is 0 Å². The van der Waals surface area contributed by atoms with Crippen LogP contribution in [0.4, 0.5) is 0 Å². The van der Waals surface area contributed by atoms with Gasteiger partial charge in [0.2, 0.25) is 0 Å². The van der Waals surface area contributed by atoms with Gasteiger partial charge in [-0.05, 0) is 23.8 Å². The number of hydrogen-bond donors (Lipinski definition) is 1. The van der Waals surface area contributed by atoms with Crippen molar-refractivity contribution < 1.29 is 9.53 Å². The van der Waals surface area contributed by atoms with E-state index in [1.807, 2.05) is 43.3 Å². The van der Waals surface area contributed by atoms with Crippen molar-refractivity contribution in [2.45, 2.75) is 20.0 Å². The maximum Gasteiger partial charge on any atom is 0.338 e. The summed E-state index contributed by atoms with van der Waals surface area (Å²) in [4.78, 5) is 19.7. The first-order valence-electron chi connectivity index (χ1n) is 6.96. The van der Waals surface area contributed by atoms with Gasteiger partial charge in [0.05, 0.1) is 16.6 Å². The van der Waals surface area contributed by atoms with Gasteiger partial charge in [-0.25, -0.2) is 9.78 Å². The van der Waals surface area contributed by atoms with E-state index in [-0.39, 0.29) is 12.6 Å². The molecule has 0 atom stereocenters. The fourth-order valence-corrected chi connectivity index (χ4v) is 2.16. The van der Waals surface area contributed by atoms with E-state index in [1.165, 1.54) is 0 Å². The zero-order valence-corrected chi connectivity index (χ0v) is 11.8. The normalized spacial score (nSPS) is 10.7. The molecule has 0 fully saturated rings. The monoisotopic (exact) mass is 280 g/mol. The first-order valence-corrected chi connectivity index (χ1v) is 6.96. The lowest BCUT2D eigenvalue weighted by Gasteiger charge is -2.04. The van der Waals surface area contributed by atoms with E-state index in [4.69, 9.17) is 4.74 Å². The van der Waals surface area contributed by atoms with Gasteiger partial charge in [-0.15, -0.1) is 0 Å². The lowest BCUT2D eigenvalue weighted by Crippen LogP contribution is -2.05. The number of benzene rings is 2. The third kappa shape index (κ3) is 2.94. The van der Waals surface area contributed by atoms with Gasteiger partial charge >= 0.3 is 5.97 Å². The van der Waals surface area contributed by atoms with Gasteiger partial charge in [-0.3, -0.25) is 0 Å². The second-order valence-corrected chi connectivity index (χ2v) is 4.83. The van der Waals surface area contributed by atoms with Gasteiger partial charge in [-0.2, -0.15) is 0 Å². The summed E-state index contributed by atoms with van der Waals surface area (Å²) in [6.45, 7) is 2.31. The van der Waals surface area contributed by atoms with E-state index in [0.717, 1.165) is 28.8 Å². The Bertz CT molecular complexity index is 763. The van der Waals surface area contributed by atoms with Crippen LogP contribution in [0.25, 0.3) is 11.0 Å². The molecule has 0 saturated heterocycles. The molecule has 21 heavy (non-hydrogen) atoms. The number of ether oxygens (including phenoxy) is 1. The molecule has 4 nitrogen and oxygen atoms in total. The summed E-state index contributed by atoms with van der Waals surface area (Å²) in [6.07, 6.45) is 0.836. The van der Waals surface area contributed by atoms with Crippen molar-refractivity contribution in [1.29, 1.82) is 0 Å². The van der Waals surface area contributed by atoms with Crippen molar-refractivity contribution in [1.82, 2.24) is 9.97 Å². The van der Waals surface area contributed by atoms with Crippen molar-refractivity contribution in [2.75, 3.05) is 0 Å². The number of aromatic nitrogens is 2. The maximum absolute atomic E-state index is 12.1. The number of nitrogens with one attached hydrogen (secondary N) is 1. The smallest absolute Gasteiger partial charge is 0.338 e. The number of carbonyl (C=O) groups excluding carboxylic acids is 1. The van der Waals surface area contributed by atoms with E-state index in [1.54, 1.807) is 12.1 Å². The van der Waals surface area contributed by atoms with Crippen LogP contribution < -0.4 is 0 Å². The number of fused-ring (bicyclic) bond motifs is 1. The van der Waals surface area contributed by atoms with Crippen LogP contribution in [-0.2, 0) is 17.8 Å². The first-order chi connectivity index (χ1) is 10.3. The van der Waals surface area contributed by atoms with Crippen LogP contribution >= 0.6 is 0 Å². The number of rotatable bonds is 4. The molecule has 1 heterocycles. The van der Waals surface area contributed by atoms with E-state index in [9.17, 15) is 4.79 Å². The predicted octanol–water partition coefficient (Wildman–Crippen LogP) is 3.48. The van der Waals surface area contributed by atoms with Gasteiger partial charge < -0.3 is 9.72 Å². The summed E-state index contributed by atoms with van der Waals surface area (Å²) in [6, 6.07) is 15.0. The molecule has 4 heteroatoms. The Morgan fingerprint density at radius 3 is 2.76 bits per heavy atom. The summed E-state index contributed by atoms with van der Waals surface area (Å²) in [5.74, 6) is 0.591. The van der Waals surface area contributed by atoms with Crippen LogP contribution in [-0.4, -0.2) is 15.9 Å². The Balaban J connectivity index is 1.75. The molecule has 3 rings (SSSR count). The number of aryl methyl sites for hydroxylation is 1. The number of esters is 1. The number of aromatic amines is 1. The van der Waals surface area contributed by atoms with E-state index < -0.39 is 0 Å². The third-order valence-corrected chi connectivity index (χ3v) is 3.31. The number of H-pyrrole nitrogens is 1. The van der Waals surface area contributed by atoms with Gasteiger partial charge in [0.1, 0.15) is 12.4 Å². The SMILES string of the molecule is CCc1nc2ccc(C(=O)OCc3ccccc3)cc2[nH]1. The number of imidazole rings is 1. The van der Waals surface area contributed by atoms with Crippen molar-refractivity contribution in [2.24, 2.45) is 0 Å². The second-order valence-electron chi connectivity index (χ2n) is 4.83. The maximum atomic E-state index is 12.1. The molecule has 0 spiro atoms. The summed E-state index contributed by atoms with van der Waals surface area (Å²) >= 11 is 0. The molecule has 1 aromatic heterocycles. The van der Waals surface area contributed by atoms with Gasteiger partial charge in [0.25, 0.3) is 0 Å². The van der Waals surface area contributed by atoms with E-state index in [2.05, 4.69) is 9.97 Å². The molecule has 0 bridgehead atoms. The molecule has 1 N–H and O–H groups in total. The highest BCUT2D eigenvalue weighted by Gasteiger charge is 2.10. The quantitative estimate of drug-likeness (QED) is 0.744. The Labute approximate surface area is 122 Å². The standard InChI is InChI=1S/C17H16N2O2/c1-2-16-18-14-9-8-13(10-15(14)19-16)17(20)21-11-12-6-4-3-5-7-12/h3-10H,2,11H2,1H3,(H,18,19). The average molecular weight is 280 g/mol. The van der Waals surface area contributed by atoms with Crippen molar-refractivity contribution in [3.8, 4) is 0 Å². The van der Waals surface area contributed by atoms with Crippen LogP contribution in [0.15, 0.2) is 48.5 Å². The molecule has 0 aliphatic heterocycles. The highest BCUT2D eigenvalue weighted by atomic mass is 16.5. The molecule has 0 unspecified atom stereocenters. The third-order valence-electron chi connectivity index (χ3n) is 3.31. The Hall–Kier alpha value is -2.62. The number of nitrogens with zero attached hydrogens (tertiary/aromatic N) is 1. The van der Waals surface area contributed by atoms with Gasteiger partial charge in [-0.1, -0.05) is 37.3 Å². The molecular weight excluding hydrogens is 264 g/mol. The minimum atomic E-state index is -0.326. The number of hydrogen-bond acceptors (Lipinski definition) is 3. The molecule has 0 amide bonds. The van der Waals surface area contributed by atoms with Crippen LogP contribution in [0.5, 0.6) is 0 Å². The molecule has 106 valence electrons. The second kappa shape index (κ2) is 5.79. The van der Waals surface area contributed by atoms with Crippen LogP contribution in [0.2, 0.25) is 0 Å². The molecular formula is C17H16N2O2. The zero-order chi connectivity index (χ0) is 14.7. The molecule has 0 saturated carbocycles. The summed E-state index contributed by atoms with van der Waals surface area (Å²) in [5.41, 5.74) is 3.24. The summed E-state index contributed by atoms with van der Waals surface area (Å²) < 4.78 is 5.32. The van der Waals surface area contributed by atoms with Crippen LogP contribution in [0.1, 0.15) is 28.7 Å². The summed E-state index contributed by atoms with van der Waals surface area (Å²) in [5, 5.41) is 0. The highest BCUT2D eigenvalue weighted by Crippen LogP contribution is 2.15. The molecule has 0 aliphatic rings. The lowest BCUT2D eigenvalue weighted by atomic mass is 10.2. The topological polar surface area (TPSA) is 55.0 Å². The average Bonchev–Trinajstić information content (AvgIpc) is 2.95.